The van der Waals surface area contributed by atoms with Crippen LogP contribution in [0.1, 0.15) is 37.7 Å². The van der Waals surface area contributed by atoms with Gasteiger partial charge in [-0.2, -0.15) is 5.10 Å². The summed E-state index contributed by atoms with van der Waals surface area (Å²) in [5, 5.41) is 4.77. The molecular weight excluding hydrogens is 310 g/mol. The van der Waals surface area contributed by atoms with Crippen LogP contribution >= 0.6 is 0 Å². The Bertz CT molecular complexity index is 832. The van der Waals surface area contributed by atoms with E-state index in [2.05, 4.69) is 44.8 Å². The molecule has 2 heterocycles. The first-order chi connectivity index (χ1) is 11.9. The van der Waals surface area contributed by atoms with Crippen molar-refractivity contribution < 1.29 is 4.74 Å². The van der Waals surface area contributed by atoms with Gasteiger partial charge in [0.15, 0.2) is 0 Å². The quantitative estimate of drug-likeness (QED) is 0.689. The molecule has 0 amide bonds. The highest BCUT2D eigenvalue weighted by Crippen LogP contribution is 2.24. The van der Waals surface area contributed by atoms with E-state index in [9.17, 15) is 0 Å². The van der Waals surface area contributed by atoms with Gasteiger partial charge < -0.3 is 4.74 Å². The summed E-state index contributed by atoms with van der Waals surface area (Å²) in [6.07, 6.45) is 4.48. The second kappa shape index (κ2) is 7.09. The Morgan fingerprint density at radius 1 is 1.04 bits per heavy atom. The minimum Gasteiger partial charge on any atom is -0.493 e. The number of hydrogen-bond acceptors (Lipinski definition) is 3. The van der Waals surface area contributed by atoms with Gasteiger partial charge in [0.25, 0.3) is 0 Å². The molecule has 25 heavy (non-hydrogen) atoms. The van der Waals surface area contributed by atoms with Gasteiger partial charge in [0.05, 0.1) is 18.0 Å². The smallest absolute Gasteiger partial charge is 0.121 e. The van der Waals surface area contributed by atoms with Crippen molar-refractivity contribution >= 4 is 0 Å². The van der Waals surface area contributed by atoms with E-state index in [0.29, 0.717) is 6.61 Å². The topological polar surface area (TPSA) is 39.9 Å². The lowest BCUT2D eigenvalue weighted by molar-refractivity contribution is 0.322. The summed E-state index contributed by atoms with van der Waals surface area (Å²) in [6, 6.07) is 14.3. The highest BCUT2D eigenvalue weighted by atomic mass is 16.5. The standard InChI is InChI=1S/C21H25N3O/c1-16-14-20(21(2,3)4)23-24(16)18-6-5-7-19(15-18)25-13-10-17-8-11-22-12-9-17/h5-9,11-12,14-15H,10,13H2,1-4H3. The third kappa shape index (κ3) is 4.27. The first-order valence-electron chi connectivity index (χ1n) is 8.63. The van der Waals surface area contributed by atoms with Crippen LogP contribution in [0.15, 0.2) is 54.9 Å². The van der Waals surface area contributed by atoms with Crippen molar-refractivity contribution in [2.45, 2.75) is 39.5 Å². The summed E-state index contributed by atoms with van der Waals surface area (Å²) < 4.78 is 7.91. The maximum absolute atomic E-state index is 5.92. The van der Waals surface area contributed by atoms with Crippen LogP contribution in [-0.4, -0.2) is 21.4 Å². The van der Waals surface area contributed by atoms with Gasteiger partial charge in [0.2, 0.25) is 0 Å². The normalized spacial score (nSPS) is 11.5. The van der Waals surface area contributed by atoms with Gasteiger partial charge in [0, 0.05) is 36.0 Å². The average molecular weight is 335 g/mol. The van der Waals surface area contributed by atoms with Crippen LogP contribution in [0.25, 0.3) is 5.69 Å². The van der Waals surface area contributed by atoms with Crippen LogP contribution in [0, 0.1) is 6.92 Å². The molecule has 4 nitrogen and oxygen atoms in total. The Morgan fingerprint density at radius 3 is 2.48 bits per heavy atom. The Labute approximate surface area is 149 Å². The monoisotopic (exact) mass is 335 g/mol. The number of benzene rings is 1. The summed E-state index contributed by atoms with van der Waals surface area (Å²) in [4.78, 5) is 4.03. The molecule has 0 fully saturated rings. The molecular formula is C21H25N3O. The molecule has 0 bridgehead atoms. The molecule has 0 radical (unpaired) electrons. The summed E-state index contributed by atoms with van der Waals surface area (Å²) in [5.74, 6) is 0.860. The van der Waals surface area contributed by atoms with E-state index >= 15 is 0 Å². The molecule has 3 aromatic rings. The summed E-state index contributed by atoms with van der Waals surface area (Å²) in [7, 11) is 0. The van der Waals surface area contributed by atoms with Crippen LogP contribution in [0.4, 0.5) is 0 Å². The highest BCUT2D eigenvalue weighted by Gasteiger charge is 2.19. The molecule has 0 aliphatic carbocycles. The van der Waals surface area contributed by atoms with Crippen molar-refractivity contribution in [1.29, 1.82) is 0 Å². The maximum atomic E-state index is 5.92. The number of nitrogens with zero attached hydrogens (tertiary/aromatic N) is 3. The van der Waals surface area contributed by atoms with Crippen molar-refractivity contribution in [3.8, 4) is 11.4 Å². The third-order valence-electron chi connectivity index (χ3n) is 4.13. The van der Waals surface area contributed by atoms with Gasteiger partial charge in [-0.15, -0.1) is 0 Å². The molecule has 0 saturated carbocycles. The number of aromatic nitrogens is 3. The Morgan fingerprint density at radius 2 is 1.80 bits per heavy atom. The van der Waals surface area contributed by atoms with E-state index in [1.165, 1.54) is 5.56 Å². The molecule has 130 valence electrons. The van der Waals surface area contributed by atoms with Crippen LogP contribution < -0.4 is 4.74 Å². The van der Waals surface area contributed by atoms with Crippen LogP contribution in [-0.2, 0) is 11.8 Å². The summed E-state index contributed by atoms with van der Waals surface area (Å²) in [5.41, 5.74) is 4.50. The average Bonchev–Trinajstić information content (AvgIpc) is 2.98. The van der Waals surface area contributed by atoms with Gasteiger partial charge in [-0.05, 0) is 42.8 Å². The highest BCUT2D eigenvalue weighted by molar-refractivity contribution is 5.40. The SMILES string of the molecule is Cc1cc(C(C)(C)C)nn1-c1cccc(OCCc2ccncc2)c1. The zero-order chi connectivity index (χ0) is 17.9. The van der Waals surface area contributed by atoms with E-state index in [4.69, 9.17) is 9.84 Å². The molecule has 4 heteroatoms. The fourth-order valence-electron chi connectivity index (χ4n) is 2.64. The van der Waals surface area contributed by atoms with Gasteiger partial charge >= 0.3 is 0 Å². The van der Waals surface area contributed by atoms with E-state index in [1.807, 2.05) is 47.4 Å². The molecule has 2 aromatic heterocycles. The molecule has 0 N–H and O–H groups in total. The molecule has 0 unspecified atom stereocenters. The number of pyridine rings is 1. The lowest BCUT2D eigenvalue weighted by atomic mass is 9.92. The second-order valence-corrected chi connectivity index (χ2v) is 7.28. The van der Waals surface area contributed by atoms with Crippen LogP contribution in [0.2, 0.25) is 0 Å². The van der Waals surface area contributed by atoms with E-state index in [1.54, 1.807) is 0 Å². The fourth-order valence-corrected chi connectivity index (χ4v) is 2.64. The largest absolute Gasteiger partial charge is 0.493 e. The molecule has 0 atom stereocenters. The Balaban J connectivity index is 1.72. The van der Waals surface area contributed by atoms with Crippen molar-refractivity contribution in [3.63, 3.8) is 0 Å². The molecule has 0 spiro atoms. The van der Waals surface area contributed by atoms with Crippen molar-refractivity contribution in [2.24, 2.45) is 0 Å². The van der Waals surface area contributed by atoms with Crippen LogP contribution in [0.5, 0.6) is 5.75 Å². The first kappa shape index (κ1) is 17.2. The van der Waals surface area contributed by atoms with Gasteiger partial charge in [-0.25, -0.2) is 4.68 Å². The lowest BCUT2D eigenvalue weighted by Gasteiger charge is -2.14. The first-order valence-corrected chi connectivity index (χ1v) is 8.63. The minimum atomic E-state index is 0.0364. The second-order valence-electron chi connectivity index (χ2n) is 7.28. The predicted octanol–water partition coefficient (Wildman–Crippen LogP) is 4.49. The third-order valence-corrected chi connectivity index (χ3v) is 4.13. The number of aryl methyl sites for hydroxylation is 1. The van der Waals surface area contributed by atoms with Gasteiger partial charge in [-0.1, -0.05) is 26.8 Å². The number of ether oxygens (including phenoxy) is 1. The molecule has 0 aliphatic rings. The fraction of sp³-hybridized carbons (Fsp3) is 0.333. The molecule has 0 saturated heterocycles. The van der Waals surface area contributed by atoms with Crippen molar-refractivity contribution in [1.82, 2.24) is 14.8 Å². The zero-order valence-corrected chi connectivity index (χ0v) is 15.4. The summed E-state index contributed by atoms with van der Waals surface area (Å²) >= 11 is 0. The molecule has 1 aromatic carbocycles. The summed E-state index contributed by atoms with van der Waals surface area (Å²) in [6.45, 7) is 9.26. The number of rotatable bonds is 5. The minimum absolute atomic E-state index is 0.0364. The predicted molar refractivity (Wildman–Crippen MR) is 100 cm³/mol. The Kier molecular flexibility index (Phi) is 4.88. The Hall–Kier alpha value is -2.62. The van der Waals surface area contributed by atoms with Gasteiger partial charge in [-0.3, -0.25) is 4.98 Å². The van der Waals surface area contributed by atoms with Crippen molar-refractivity contribution in [3.05, 3.63) is 71.8 Å². The molecule has 3 rings (SSSR count). The lowest BCUT2D eigenvalue weighted by Crippen LogP contribution is -2.12. The van der Waals surface area contributed by atoms with Crippen molar-refractivity contribution in [2.75, 3.05) is 6.61 Å². The van der Waals surface area contributed by atoms with E-state index < -0.39 is 0 Å². The van der Waals surface area contributed by atoms with Crippen LogP contribution in [0.3, 0.4) is 0 Å². The van der Waals surface area contributed by atoms with E-state index in [-0.39, 0.29) is 5.41 Å². The maximum Gasteiger partial charge on any atom is 0.121 e. The number of hydrogen-bond donors (Lipinski definition) is 0. The van der Waals surface area contributed by atoms with E-state index in [0.717, 1.165) is 29.2 Å². The van der Waals surface area contributed by atoms with Gasteiger partial charge in [0.1, 0.15) is 5.75 Å². The molecule has 0 aliphatic heterocycles. The zero-order valence-electron chi connectivity index (χ0n) is 15.4.